The van der Waals surface area contributed by atoms with Gasteiger partial charge in [0.05, 0.1) is 16.1 Å². The Balaban J connectivity index is 2.28. The van der Waals surface area contributed by atoms with Crippen molar-refractivity contribution in [2.45, 2.75) is 52.0 Å². The van der Waals surface area contributed by atoms with Crippen molar-refractivity contribution in [3.05, 3.63) is 69.0 Å². The van der Waals surface area contributed by atoms with E-state index in [-0.39, 0.29) is 21.4 Å². The minimum atomic E-state index is -4.94. The van der Waals surface area contributed by atoms with Crippen LogP contribution in [-0.4, -0.2) is 23.0 Å². The fraction of sp³-hybridized carbons (Fsp3) is 0.333. The van der Waals surface area contributed by atoms with E-state index >= 15 is 0 Å². The highest BCUT2D eigenvalue weighted by Crippen LogP contribution is 2.38. The summed E-state index contributed by atoms with van der Waals surface area (Å²) in [5.41, 5.74) is -4.21. The third kappa shape index (κ3) is 6.73. The van der Waals surface area contributed by atoms with Crippen molar-refractivity contribution in [2.75, 3.05) is 0 Å². The molecule has 0 saturated heterocycles. The number of carbonyl (C=O) groups is 2. The van der Waals surface area contributed by atoms with Gasteiger partial charge in [-0.2, -0.15) is 13.2 Å². The van der Waals surface area contributed by atoms with Crippen molar-refractivity contribution < 1.29 is 36.6 Å². The minimum absolute atomic E-state index is 0.0484. The van der Waals surface area contributed by atoms with Gasteiger partial charge in [-0.3, -0.25) is 4.79 Å². The van der Waals surface area contributed by atoms with Crippen LogP contribution in [-0.2, 0) is 15.7 Å². The van der Waals surface area contributed by atoms with E-state index in [2.05, 4.69) is 0 Å². The van der Waals surface area contributed by atoms with Crippen molar-refractivity contribution >= 4 is 41.0 Å². The summed E-state index contributed by atoms with van der Waals surface area (Å²) in [7, 11) is 0. The molecule has 0 bridgehead atoms. The summed E-state index contributed by atoms with van der Waals surface area (Å²) >= 11 is 12.5. The third-order valence-electron chi connectivity index (χ3n) is 4.32. The van der Waals surface area contributed by atoms with Gasteiger partial charge in [0.15, 0.2) is 11.4 Å². The van der Waals surface area contributed by atoms with Gasteiger partial charge in [0.2, 0.25) is 0 Å². The van der Waals surface area contributed by atoms with E-state index in [1.807, 2.05) is 0 Å². The molecule has 0 spiro atoms. The Bertz CT molecular complexity index is 1130. The molecular formula is C24H22Cl2F4O4. The molecule has 0 atom stereocenters. The Labute approximate surface area is 204 Å². The maximum absolute atomic E-state index is 14.2. The van der Waals surface area contributed by atoms with Crippen molar-refractivity contribution in [1.82, 2.24) is 0 Å². The van der Waals surface area contributed by atoms with E-state index in [0.717, 1.165) is 18.2 Å². The zero-order chi connectivity index (χ0) is 26.1. The van der Waals surface area contributed by atoms with Crippen LogP contribution in [0, 0.1) is 5.82 Å². The maximum Gasteiger partial charge on any atom is 0.419 e. The lowest BCUT2D eigenvalue weighted by Gasteiger charge is -2.29. The molecule has 0 aliphatic heterocycles. The van der Waals surface area contributed by atoms with Crippen molar-refractivity contribution in [3.63, 3.8) is 0 Å². The first-order valence-corrected chi connectivity index (χ1v) is 10.7. The predicted octanol–water partition coefficient (Wildman–Crippen LogP) is 7.55. The zero-order valence-electron chi connectivity index (χ0n) is 18.9. The molecule has 0 aliphatic rings. The number of ether oxygens (including phenoxy) is 2. The molecule has 0 radical (unpaired) electrons. The molecule has 2 aromatic carbocycles. The van der Waals surface area contributed by atoms with Gasteiger partial charge in [0.1, 0.15) is 22.2 Å². The van der Waals surface area contributed by atoms with E-state index in [4.69, 9.17) is 32.7 Å². The largest absolute Gasteiger partial charge is 0.475 e. The molecule has 0 unspecified atom stereocenters. The van der Waals surface area contributed by atoms with Crippen LogP contribution in [0.5, 0.6) is 5.75 Å². The molecule has 4 nitrogen and oxygen atoms in total. The summed E-state index contributed by atoms with van der Waals surface area (Å²) in [6.07, 6.45) is -2.88. The lowest BCUT2D eigenvalue weighted by molar-refractivity contribution is -0.170. The molecule has 184 valence electrons. The first-order chi connectivity index (χ1) is 15.4. The molecular weight excluding hydrogens is 499 g/mol. The van der Waals surface area contributed by atoms with Gasteiger partial charge in [-0.25, -0.2) is 9.18 Å². The van der Waals surface area contributed by atoms with Gasteiger partial charge in [0.25, 0.3) is 0 Å². The molecule has 0 N–H and O–H groups in total. The molecule has 10 heteroatoms. The van der Waals surface area contributed by atoms with Crippen molar-refractivity contribution in [1.29, 1.82) is 0 Å². The summed E-state index contributed by atoms with van der Waals surface area (Å²) < 4.78 is 63.9. The second-order valence-corrected chi connectivity index (χ2v) is 9.51. The fourth-order valence-corrected chi connectivity index (χ4v) is 3.10. The zero-order valence-corrected chi connectivity index (χ0v) is 20.5. The van der Waals surface area contributed by atoms with Gasteiger partial charge >= 0.3 is 12.1 Å². The summed E-state index contributed by atoms with van der Waals surface area (Å²) in [6, 6.07) is 5.25. The average molecular weight is 521 g/mol. The molecule has 0 aliphatic carbocycles. The topological polar surface area (TPSA) is 52.6 Å². The van der Waals surface area contributed by atoms with Crippen LogP contribution in [0.4, 0.5) is 17.6 Å². The van der Waals surface area contributed by atoms with Crippen LogP contribution >= 0.6 is 23.2 Å². The Hall–Kier alpha value is -2.58. The maximum atomic E-state index is 14.2. The quantitative estimate of drug-likeness (QED) is 0.171. The van der Waals surface area contributed by atoms with Gasteiger partial charge in [0, 0.05) is 0 Å². The smallest absolute Gasteiger partial charge is 0.419 e. The first-order valence-electron chi connectivity index (χ1n) is 9.92. The lowest BCUT2D eigenvalue weighted by Crippen LogP contribution is -2.43. The van der Waals surface area contributed by atoms with Gasteiger partial charge in [-0.15, -0.1) is 0 Å². The summed E-state index contributed by atoms with van der Waals surface area (Å²) in [5, 5.41) is -0.120. The van der Waals surface area contributed by atoms with Crippen molar-refractivity contribution in [2.24, 2.45) is 0 Å². The molecule has 0 amide bonds. The summed E-state index contributed by atoms with van der Waals surface area (Å²) in [5.74, 6) is -3.23. The third-order valence-corrected chi connectivity index (χ3v) is 5.20. The summed E-state index contributed by atoms with van der Waals surface area (Å²) in [4.78, 5) is 24.7. The number of hydrogen-bond donors (Lipinski definition) is 0. The number of allylic oxidation sites excluding steroid dienone is 1. The number of benzene rings is 2. The van der Waals surface area contributed by atoms with E-state index in [1.54, 1.807) is 20.8 Å². The molecule has 0 fully saturated rings. The first kappa shape index (κ1) is 27.7. The highest BCUT2D eigenvalue weighted by molar-refractivity contribution is 6.43. The Morgan fingerprint density at radius 2 is 1.56 bits per heavy atom. The van der Waals surface area contributed by atoms with Crippen LogP contribution in [0.1, 0.15) is 56.1 Å². The molecule has 34 heavy (non-hydrogen) atoms. The van der Waals surface area contributed by atoms with E-state index in [0.29, 0.717) is 6.07 Å². The lowest BCUT2D eigenvalue weighted by atomic mass is 10.0. The van der Waals surface area contributed by atoms with E-state index < -0.39 is 46.1 Å². The number of esters is 1. The number of carbonyl (C=O) groups excluding carboxylic acids is 2. The molecule has 2 rings (SSSR count). The second-order valence-electron chi connectivity index (χ2n) is 8.76. The molecule has 2 aromatic rings. The highest BCUT2D eigenvalue weighted by atomic mass is 35.5. The van der Waals surface area contributed by atoms with Crippen LogP contribution < -0.4 is 4.74 Å². The monoisotopic (exact) mass is 520 g/mol. The minimum Gasteiger partial charge on any atom is -0.475 e. The number of rotatable bonds is 6. The fourth-order valence-electron chi connectivity index (χ4n) is 2.67. The molecule has 0 heterocycles. The van der Waals surface area contributed by atoms with Gasteiger partial charge < -0.3 is 9.47 Å². The normalized spacial score (nSPS) is 12.7. The number of halogens is 6. The number of ketones is 1. The van der Waals surface area contributed by atoms with Crippen molar-refractivity contribution in [3.8, 4) is 5.75 Å². The van der Waals surface area contributed by atoms with Crippen LogP contribution in [0.15, 0.2) is 36.4 Å². The Morgan fingerprint density at radius 1 is 0.941 bits per heavy atom. The number of hydrogen-bond acceptors (Lipinski definition) is 4. The van der Waals surface area contributed by atoms with Crippen LogP contribution in [0.3, 0.4) is 0 Å². The molecule has 0 saturated carbocycles. The predicted molar refractivity (Wildman–Crippen MR) is 122 cm³/mol. The Kier molecular flexibility index (Phi) is 8.10. The second kappa shape index (κ2) is 9.96. The van der Waals surface area contributed by atoms with Crippen LogP contribution in [0.25, 0.3) is 6.08 Å². The molecule has 0 aromatic heterocycles. The standard InChI is InChI=1S/C24H22Cl2F4O4/c1-22(2,3)34-21(32)23(4,5)33-17-12-10-13(18(25)19(17)26)9-11-16(31)14-7-6-8-15(20(14)27)24(28,29)30/h6-12H,1-5H3/b11-9+. The van der Waals surface area contributed by atoms with E-state index in [9.17, 15) is 27.2 Å². The SMILES string of the molecule is CC(C)(C)OC(=O)C(C)(C)Oc1ccc(/C=C/C(=O)c2cccc(C(F)(F)F)c2F)c(Cl)c1Cl. The van der Waals surface area contributed by atoms with Gasteiger partial charge in [-0.05, 0) is 76.6 Å². The number of alkyl halides is 3. The Morgan fingerprint density at radius 3 is 2.12 bits per heavy atom. The van der Waals surface area contributed by atoms with Gasteiger partial charge in [-0.1, -0.05) is 29.3 Å². The van der Waals surface area contributed by atoms with E-state index in [1.165, 1.54) is 32.1 Å². The van der Waals surface area contributed by atoms with Crippen LogP contribution in [0.2, 0.25) is 10.0 Å². The highest BCUT2D eigenvalue weighted by Gasteiger charge is 2.36. The average Bonchev–Trinajstić information content (AvgIpc) is 2.68. The summed E-state index contributed by atoms with van der Waals surface area (Å²) in [6.45, 7) is 8.10.